The van der Waals surface area contributed by atoms with Crippen LogP contribution in [0, 0.1) is 0 Å². The van der Waals surface area contributed by atoms with Gasteiger partial charge in [0, 0.05) is 4.47 Å². The number of carbonyl (C=O) groups is 2. The Morgan fingerprint density at radius 1 is 1.15 bits per heavy atom. The third-order valence-corrected chi connectivity index (χ3v) is 4.18. The molecule has 20 heavy (non-hydrogen) atoms. The van der Waals surface area contributed by atoms with Crippen LogP contribution in [0.25, 0.3) is 0 Å². The Morgan fingerprint density at radius 3 is 2.20 bits per heavy atom. The Balaban J connectivity index is 3.58. The van der Waals surface area contributed by atoms with Gasteiger partial charge in [0.2, 0.25) is 0 Å². The van der Waals surface area contributed by atoms with Crippen LogP contribution in [0.4, 0.5) is 0 Å². The van der Waals surface area contributed by atoms with Crippen molar-refractivity contribution < 1.29 is 19.1 Å². The summed E-state index contributed by atoms with van der Waals surface area (Å²) in [4.78, 5) is 24.2. The highest BCUT2D eigenvalue weighted by molar-refractivity contribution is 9.10. The van der Waals surface area contributed by atoms with Gasteiger partial charge in [-0.05, 0) is 36.6 Å². The lowest BCUT2D eigenvalue weighted by Gasteiger charge is -2.30. The molecule has 0 aromatic heterocycles. The maximum atomic E-state index is 12.3. The largest absolute Gasteiger partial charge is 0.468 e. The van der Waals surface area contributed by atoms with Crippen molar-refractivity contribution in [2.75, 3.05) is 14.2 Å². The van der Waals surface area contributed by atoms with Gasteiger partial charge in [0.1, 0.15) is 0 Å². The second-order valence-electron chi connectivity index (χ2n) is 4.46. The van der Waals surface area contributed by atoms with Gasteiger partial charge in [0.15, 0.2) is 0 Å². The highest BCUT2D eigenvalue weighted by Gasteiger charge is 2.41. The smallest absolute Gasteiger partial charge is 0.338 e. The van der Waals surface area contributed by atoms with E-state index in [0.717, 1.165) is 4.47 Å². The fourth-order valence-corrected chi connectivity index (χ4v) is 2.79. The first kappa shape index (κ1) is 16.7. The SMILES string of the molecule is CCC(CC)(C(=O)OC)c1cc(Br)ccc1C(=O)OC. The molecule has 0 spiro atoms. The molecule has 1 aromatic carbocycles. The van der Waals surface area contributed by atoms with Gasteiger partial charge in [0.05, 0.1) is 25.2 Å². The summed E-state index contributed by atoms with van der Waals surface area (Å²) in [5.41, 5.74) is 0.183. The standard InChI is InChI=1S/C15H19BrO4/c1-5-15(6-2,14(18)20-4)12-9-10(16)7-8-11(12)13(17)19-3/h7-9H,5-6H2,1-4H3. The van der Waals surface area contributed by atoms with Crippen LogP contribution in [0.1, 0.15) is 42.6 Å². The molecule has 0 aliphatic carbocycles. The van der Waals surface area contributed by atoms with Crippen LogP contribution in [0.2, 0.25) is 0 Å². The maximum Gasteiger partial charge on any atom is 0.338 e. The summed E-state index contributed by atoms with van der Waals surface area (Å²) >= 11 is 3.39. The van der Waals surface area contributed by atoms with Crippen LogP contribution in [-0.2, 0) is 19.7 Å². The van der Waals surface area contributed by atoms with Crippen molar-refractivity contribution in [2.24, 2.45) is 0 Å². The van der Waals surface area contributed by atoms with E-state index >= 15 is 0 Å². The molecule has 5 heteroatoms. The van der Waals surface area contributed by atoms with Gasteiger partial charge < -0.3 is 9.47 Å². The van der Waals surface area contributed by atoms with Gasteiger partial charge in [-0.15, -0.1) is 0 Å². The Bertz CT molecular complexity index is 507. The molecule has 0 atom stereocenters. The normalized spacial score (nSPS) is 11.1. The number of esters is 2. The molecule has 0 unspecified atom stereocenters. The summed E-state index contributed by atoms with van der Waals surface area (Å²) in [7, 11) is 2.68. The van der Waals surface area contributed by atoms with Crippen LogP contribution in [0.5, 0.6) is 0 Å². The predicted octanol–water partition coefficient (Wildman–Crippen LogP) is 3.47. The molecule has 0 bridgehead atoms. The predicted molar refractivity (Wildman–Crippen MR) is 79.8 cm³/mol. The molecule has 0 heterocycles. The molecule has 110 valence electrons. The average Bonchev–Trinajstić information content (AvgIpc) is 2.48. The third kappa shape index (κ3) is 2.87. The molecule has 0 saturated heterocycles. The molecule has 0 radical (unpaired) electrons. The van der Waals surface area contributed by atoms with Gasteiger partial charge in [-0.25, -0.2) is 4.79 Å². The van der Waals surface area contributed by atoms with Gasteiger partial charge in [-0.3, -0.25) is 4.79 Å². The Morgan fingerprint density at radius 2 is 1.75 bits per heavy atom. The van der Waals surface area contributed by atoms with E-state index in [9.17, 15) is 9.59 Å². The molecule has 0 aliphatic heterocycles. The minimum Gasteiger partial charge on any atom is -0.468 e. The van der Waals surface area contributed by atoms with E-state index in [-0.39, 0.29) is 5.97 Å². The van der Waals surface area contributed by atoms with E-state index in [4.69, 9.17) is 9.47 Å². The van der Waals surface area contributed by atoms with Crippen LogP contribution >= 0.6 is 15.9 Å². The third-order valence-electron chi connectivity index (χ3n) is 3.69. The summed E-state index contributed by atoms with van der Waals surface area (Å²) in [6.07, 6.45) is 1.08. The zero-order valence-corrected chi connectivity index (χ0v) is 13.7. The van der Waals surface area contributed by atoms with Crippen molar-refractivity contribution in [1.29, 1.82) is 0 Å². The minimum atomic E-state index is -0.845. The van der Waals surface area contributed by atoms with Crippen molar-refractivity contribution in [1.82, 2.24) is 0 Å². The van der Waals surface area contributed by atoms with E-state index in [1.54, 1.807) is 18.2 Å². The molecule has 0 amide bonds. The second-order valence-corrected chi connectivity index (χ2v) is 5.38. The van der Waals surface area contributed by atoms with E-state index < -0.39 is 11.4 Å². The number of carbonyl (C=O) groups excluding carboxylic acids is 2. The second kappa shape index (κ2) is 6.88. The fraction of sp³-hybridized carbons (Fsp3) is 0.467. The monoisotopic (exact) mass is 342 g/mol. The molecule has 0 N–H and O–H groups in total. The van der Waals surface area contributed by atoms with Gasteiger partial charge in [-0.1, -0.05) is 29.8 Å². The zero-order valence-electron chi connectivity index (χ0n) is 12.2. The lowest BCUT2D eigenvalue weighted by molar-refractivity contribution is -0.148. The molecule has 4 nitrogen and oxygen atoms in total. The quantitative estimate of drug-likeness (QED) is 0.769. The summed E-state index contributed by atoms with van der Waals surface area (Å²) in [5, 5.41) is 0. The number of hydrogen-bond donors (Lipinski definition) is 0. The van der Waals surface area contributed by atoms with Crippen molar-refractivity contribution >= 4 is 27.9 Å². The number of benzene rings is 1. The maximum absolute atomic E-state index is 12.3. The van der Waals surface area contributed by atoms with Gasteiger partial charge >= 0.3 is 11.9 Å². The summed E-state index contributed by atoms with van der Waals surface area (Å²) in [5.74, 6) is -0.798. The van der Waals surface area contributed by atoms with E-state index in [2.05, 4.69) is 15.9 Å². The molecular formula is C15H19BrO4. The van der Waals surface area contributed by atoms with Crippen LogP contribution in [0.3, 0.4) is 0 Å². The lowest BCUT2D eigenvalue weighted by Crippen LogP contribution is -2.37. The molecule has 0 aliphatic rings. The topological polar surface area (TPSA) is 52.6 Å². The van der Waals surface area contributed by atoms with Crippen molar-refractivity contribution in [3.05, 3.63) is 33.8 Å². The Labute approximate surface area is 127 Å². The van der Waals surface area contributed by atoms with Gasteiger partial charge in [-0.2, -0.15) is 0 Å². The first-order valence-electron chi connectivity index (χ1n) is 6.43. The van der Waals surface area contributed by atoms with E-state index in [1.165, 1.54) is 14.2 Å². The van der Waals surface area contributed by atoms with Gasteiger partial charge in [0.25, 0.3) is 0 Å². The number of halogens is 1. The fourth-order valence-electron chi connectivity index (χ4n) is 2.43. The van der Waals surface area contributed by atoms with Crippen molar-refractivity contribution in [3.63, 3.8) is 0 Å². The zero-order chi connectivity index (χ0) is 15.3. The first-order valence-corrected chi connectivity index (χ1v) is 7.22. The first-order chi connectivity index (χ1) is 9.46. The highest BCUT2D eigenvalue weighted by atomic mass is 79.9. The molecular weight excluding hydrogens is 324 g/mol. The lowest BCUT2D eigenvalue weighted by atomic mass is 9.74. The van der Waals surface area contributed by atoms with Crippen LogP contribution in [-0.4, -0.2) is 26.2 Å². The van der Waals surface area contributed by atoms with Crippen LogP contribution in [0.15, 0.2) is 22.7 Å². The molecule has 1 aromatic rings. The van der Waals surface area contributed by atoms with Crippen LogP contribution < -0.4 is 0 Å². The molecule has 1 rings (SSSR count). The Hall–Kier alpha value is -1.36. The van der Waals surface area contributed by atoms with Crippen molar-refractivity contribution in [2.45, 2.75) is 32.1 Å². The molecule has 0 fully saturated rings. The Kier molecular flexibility index (Phi) is 5.74. The van der Waals surface area contributed by atoms with E-state index in [0.29, 0.717) is 24.0 Å². The summed E-state index contributed by atoms with van der Waals surface area (Å²) in [6.45, 7) is 3.81. The summed E-state index contributed by atoms with van der Waals surface area (Å²) in [6, 6.07) is 5.20. The average molecular weight is 343 g/mol. The number of rotatable bonds is 5. The van der Waals surface area contributed by atoms with E-state index in [1.807, 2.05) is 13.8 Å². The number of methoxy groups -OCH3 is 2. The number of ether oxygens (including phenoxy) is 2. The number of hydrogen-bond acceptors (Lipinski definition) is 4. The van der Waals surface area contributed by atoms with Crippen molar-refractivity contribution in [3.8, 4) is 0 Å². The molecule has 0 saturated carbocycles. The summed E-state index contributed by atoms with van der Waals surface area (Å²) < 4.78 is 10.6. The minimum absolute atomic E-state index is 0.342. The highest BCUT2D eigenvalue weighted by Crippen LogP contribution is 2.37.